The minimum atomic E-state index is 0.465. The molecular formula is C16H25N5. The van der Waals surface area contributed by atoms with Crippen LogP contribution in [0.2, 0.25) is 0 Å². The van der Waals surface area contributed by atoms with Gasteiger partial charge in [-0.15, -0.1) is 0 Å². The molecule has 2 aromatic heterocycles. The number of rotatable bonds is 5. The third kappa shape index (κ3) is 3.35. The number of nitrogens with zero attached hydrogens (tertiary/aromatic N) is 3. The number of hydrogen-bond acceptors (Lipinski definition) is 3. The van der Waals surface area contributed by atoms with Gasteiger partial charge in [-0.2, -0.15) is 5.10 Å². The van der Waals surface area contributed by atoms with Crippen molar-refractivity contribution in [2.45, 2.75) is 64.6 Å². The zero-order chi connectivity index (χ0) is 14.7. The Morgan fingerprint density at radius 1 is 1.33 bits per heavy atom. The summed E-state index contributed by atoms with van der Waals surface area (Å²) >= 11 is 0. The smallest absolute Gasteiger partial charge is 0.0948 e. The van der Waals surface area contributed by atoms with Crippen molar-refractivity contribution < 1.29 is 0 Å². The van der Waals surface area contributed by atoms with Gasteiger partial charge in [-0.3, -0.25) is 5.10 Å². The largest absolute Gasteiger partial charge is 0.333 e. The quantitative estimate of drug-likeness (QED) is 0.889. The number of imidazole rings is 1. The van der Waals surface area contributed by atoms with E-state index in [1.54, 1.807) is 0 Å². The van der Waals surface area contributed by atoms with Crippen LogP contribution < -0.4 is 5.32 Å². The molecule has 0 aliphatic carbocycles. The van der Waals surface area contributed by atoms with Gasteiger partial charge in [-0.1, -0.05) is 0 Å². The van der Waals surface area contributed by atoms with Crippen molar-refractivity contribution in [3.05, 3.63) is 35.7 Å². The second-order valence-electron chi connectivity index (χ2n) is 6.19. The van der Waals surface area contributed by atoms with Crippen LogP contribution in [0.4, 0.5) is 0 Å². The first-order valence-electron chi connectivity index (χ1n) is 7.99. The number of nitrogens with one attached hydrogen (secondary N) is 2. The van der Waals surface area contributed by atoms with Crippen LogP contribution in [-0.2, 0) is 13.0 Å². The maximum Gasteiger partial charge on any atom is 0.0948 e. The van der Waals surface area contributed by atoms with E-state index in [0.717, 1.165) is 19.4 Å². The van der Waals surface area contributed by atoms with Gasteiger partial charge in [0.1, 0.15) is 0 Å². The van der Waals surface area contributed by atoms with Crippen LogP contribution in [0.25, 0.3) is 0 Å². The molecule has 0 bridgehead atoms. The maximum atomic E-state index is 4.36. The number of aryl methyl sites for hydroxylation is 3. The Morgan fingerprint density at radius 2 is 2.24 bits per heavy atom. The van der Waals surface area contributed by atoms with Crippen LogP contribution in [0.15, 0.2) is 18.7 Å². The van der Waals surface area contributed by atoms with E-state index in [0.29, 0.717) is 12.1 Å². The molecule has 1 saturated heterocycles. The molecule has 1 fully saturated rings. The molecule has 5 nitrogen and oxygen atoms in total. The lowest BCUT2D eigenvalue weighted by molar-refractivity contribution is 0.328. The van der Waals surface area contributed by atoms with Crippen molar-refractivity contribution >= 4 is 0 Å². The van der Waals surface area contributed by atoms with Crippen molar-refractivity contribution in [3.8, 4) is 0 Å². The molecule has 0 amide bonds. The summed E-state index contributed by atoms with van der Waals surface area (Å²) in [4.78, 5) is 4.36. The van der Waals surface area contributed by atoms with Gasteiger partial charge in [-0.25, -0.2) is 4.98 Å². The molecule has 2 N–H and O–H groups in total. The van der Waals surface area contributed by atoms with Crippen LogP contribution in [-0.4, -0.2) is 25.8 Å². The first-order valence-corrected chi connectivity index (χ1v) is 7.99. The van der Waals surface area contributed by atoms with Gasteiger partial charge in [0.25, 0.3) is 0 Å². The Labute approximate surface area is 126 Å². The Balaban J connectivity index is 1.59. The molecule has 1 aliphatic rings. The number of aromatic nitrogens is 4. The molecular weight excluding hydrogens is 262 g/mol. The van der Waals surface area contributed by atoms with E-state index >= 15 is 0 Å². The van der Waals surface area contributed by atoms with Crippen molar-refractivity contribution in [1.29, 1.82) is 0 Å². The van der Waals surface area contributed by atoms with Gasteiger partial charge in [0.05, 0.1) is 18.2 Å². The Morgan fingerprint density at radius 3 is 3.00 bits per heavy atom. The molecule has 0 radical (unpaired) electrons. The van der Waals surface area contributed by atoms with E-state index in [1.807, 2.05) is 18.7 Å². The van der Waals surface area contributed by atoms with Crippen molar-refractivity contribution in [2.75, 3.05) is 0 Å². The fraction of sp³-hybridized carbons (Fsp3) is 0.625. The summed E-state index contributed by atoms with van der Waals surface area (Å²) in [6, 6.07) is 1.08. The predicted octanol–water partition coefficient (Wildman–Crippen LogP) is 2.75. The first kappa shape index (κ1) is 14.3. The third-order valence-corrected chi connectivity index (χ3v) is 4.50. The fourth-order valence-electron chi connectivity index (χ4n) is 3.25. The lowest BCUT2D eigenvalue weighted by Crippen LogP contribution is -2.35. The highest BCUT2D eigenvalue weighted by molar-refractivity contribution is 5.14. The topological polar surface area (TPSA) is 58.5 Å². The van der Waals surface area contributed by atoms with E-state index in [9.17, 15) is 0 Å². The SMILES string of the molecule is Cc1[nH]ncc1CCCn1cncc1C1CCCC(C)N1. The van der Waals surface area contributed by atoms with Gasteiger partial charge in [0.15, 0.2) is 0 Å². The average molecular weight is 287 g/mol. The summed E-state index contributed by atoms with van der Waals surface area (Å²) in [6.07, 6.45) is 11.9. The molecule has 3 heterocycles. The highest BCUT2D eigenvalue weighted by Gasteiger charge is 2.21. The van der Waals surface area contributed by atoms with Gasteiger partial charge < -0.3 is 9.88 Å². The van der Waals surface area contributed by atoms with Crippen molar-refractivity contribution in [1.82, 2.24) is 25.1 Å². The minimum absolute atomic E-state index is 0.465. The number of H-pyrrole nitrogens is 1. The molecule has 0 aromatic carbocycles. The summed E-state index contributed by atoms with van der Waals surface area (Å²) < 4.78 is 2.31. The van der Waals surface area contributed by atoms with Crippen LogP contribution in [0, 0.1) is 6.92 Å². The normalized spacial score (nSPS) is 22.6. The number of piperidine rings is 1. The number of hydrogen-bond donors (Lipinski definition) is 2. The first-order chi connectivity index (χ1) is 10.2. The molecule has 2 unspecified atom stereocenters. The standard InChI is InChI=1S/C16H25N5/c1-12-5-3-7-15(19-12)16-10-17-11-21(16)8-4-6-14-9-18-20-13(14)2/h9-12,15,19H,3-8H2,1-2H3,(H,18,20). The summed E-state index contributed by atoms with van der Waals surface area (Å²) in [5.41, 5.74) is 3.84. The summed E-state index contributed by atoms with van der Waals surface area (Å²) in [7, 11) is 0. The van der Waals surface area contributed by atoms with Crippen LogP contribution in [0.5, 0.6) is 0 Å². The third-order valence-electron chi connectivity index (χ3n) is 4.50. The highest BCUT2D eigenvalue weighted by atomic mass is 15.1. The van der Waals surface area contributed by atoms with Gasteiger partial charge in [0.2, 0.25) is 0 Å². The summed E-state index contributed by atoms with van der Waals surface area (Å²) in [5.74, 6) is 0. The highest BCUT2D eigenvalue weighted by Crippen LogP contribution is 2.25. The Kier molecular flexibility index (Phi) is 4.39. The summed E-state index contributed by atoms with van der Waals surface area (Å²) in [6.45, 7) is 5.37. The molecule has 2 atom stereocenters. The zero-order valence-corrected chi connectivity index (χ0v) is 13.0. The molecule has 5 heteroatoms. The molecule has 0 spiro atoms. The lowest BCUT2D eigenvalue weighted by atomic mass is 9.97. The molecule has 2 aromatic rings. The second-order valence-corrected chi connectivity index (χ2v) is 6.19. The molecule has 114 valence electrons. The lowest BCUT2D eigenvalue weighted by Gasteiger charge is -2.29. The Hall–Kier alpha value is -1.62. The Bertz CT molecular complexity index is 571. The van der Waals surface area contributed by atoms with Gasteiger partial charge in [-0.05, 0) is 51.5 Å². The van der Waals surface area contributed by atoms with Crippen LogP contribution in [0.1, 0.15) is 55.6 Å². The zero-order valence-electron chi connectivity index (χ0n) is 13.0. The van der Waals surface area contributed by atoms with Gasteiger partial charge >= 0.3 is 0 Å². The van der Waals surface area contributed by atoms with Crippen molar-refractivity contribution in [2.24, 2.45) is 0 Å². The average Bonchev–Trinajstić information content (AvgIpc) is 3.09. The maximum absolute atomic E-state index is 4.36. The molecule has 3 rings (SSSR count). The van der Waals surface area contributed by atoms with E-state index in [4.69, 9.17) is 0 Å². The fourth-order valence-corrected chi connectivity index (χ4v) is 3.25. The monoisotopic (exact) mass is 287 g/mol. The molecule has 0 saturated carbocycles. The van der Waals surface area contributed by atoms with Crippen molar-refractivity contribution in [3.63, 3.8) is 0 Å². The van der Waals surface area contributed by atoms with Crippen LogP contribution in [0.3, 0.4) is 0 Å². The van der Waals surface area contributed by atoms with Crippen LogP contribution >= 0.6 is 0 Å². The molecule has 1 aliphatic heterocycles. The van der Waals surface area contributed by atoms with E-state index in [-0.39, 0.29) is 0 Å². The predicted molar refractivity (Wildman–Crippen MR) is 83.1 cm³/mol. The molecule has 21 heavy (non-hydrogen) atoms. The summed E-state index contributed by atoms with van der Waals surface area (Å²) in [5, 5.41) is 10.8. The second kappa shape index (κ2) is 6.43. The van der Waals surface area contributed by atoms with E-state index in [2.05, 4.69) is 38.9 Å². The minimum Gasteiger partial charge on any atom is -0.333 e. The van der Waals surface area contributed by atoms with E-state index < -0.39 is 0 Å². The number of aromatic amines is 1. The van der Waals surface area contributed by atoms with Gasteiger partial charge in [0, 0.05) is 30.5 Å². The van der Waals surface area contributed by atoms with E-state index in [1.165, 1.54) is 36.2 Å².